The predicted octanol–water partition coefficient (Wildman–Crippen LogP) is -0.256. The average molecular weight is 146 g/mol. The fraction of sp³-hybridized carbons (Fsp3) is 0.833. The van der Waals surface area contributed by atoms with Crippen LogP contribution in [-0.2, 0) is 9.63 Å². The van der Waals surface area contributed by atoms with Gasteiger partial charge >= 0.3 is 0 Å². The largest absolute Gasteiger partial charge is 0.320 e. The Balaban J connectivity index is 3.82. The number of hydrogen-bond acceptors (Lipinski definition) is 3. The average Bonchev–Trinajstić information content (AvgIpc) is 2.00. The molecule has 0 rings (SSSR count). The molecular formula is C6H14N2O2. The molecule has 1 atom stereocenters. The number of amides is 1. The molecule has 0 aromatic heterocycles. The molecule has 4 nitrogen and oxygen atoms in total. The molecule has 0 heterocycles. The van der Waals surface area contributed by atoms with Gasteiger partial charge in [-0.25, -0.2) is 5.06 Å². The van der Waals surface area contributed by atoms with E-state index in [4.69, 9.17) is 5.73 Å². The van der Waals surface area contributed by atoms with Gasteiger partial charge in [0.1, 0.15) is 0 Å². The van der Waals surface area contributed by atoms with Crippen LogP contribution < -0.4 is 5.73 Å². The Labute approximate surface area is 60.9 Å². The Morgan fingerprint density at radius 1 is 1.80 bits per heavy atom. The predicted molar refractivity (Wildman–Crippen MR) is 38.0 cm³/mol. The van der Waals surface area contributed by atoms with Gasteiger partial charge in [-0.3, -0.25) is 9.63 Å². The standard InChI is InChI=1S/C6H14N2O2/c1-4-5(7)6(9)8(2)10-3/h5H,4,7H2,1-3H3. The van der Waals surface area contributed by atoms with E-state index in [0.717, 1.165) is 5.06 Å². The lowest BCUT2D eigenvalue weighted by molar-refractivity contribution is -0.170. The lowest BCUT2D eigenvalue weighted by Crippen LogP contribution is -2.40. The van der Waals surface area contributed by atoms with Crippen LogP contribution in [-0.4, -0.2) is 31.2 Å². The van der Waals surface area contributed by atoms with Gasteiger partial charge in [0.25, 0.3) is 5.91 Å². The number of hydrogen-bond donors (Lipinski definition) is 1. The van der Waals surface area contributed by atoms with Crippen LogP contribution in [0.5, 0.6) is 0 Å². The number of carbonyl (C=O) groups excluding carboxylic acids is 1. The number of nitrogens with two attached hydrogens (primary N) is 1. The smallest absolute Gasteiger partial charge is 0.262 e. The van der Waals surface area contributed by atoms with Gasteiger partial charge in [-0.05, 0) is 6.42 Å². The number of hydroxylamine groups is 2. The molecule has 0 spiro atoms. The van der Waals surface area contributed by atoms with Crippen LogP contribution in [0.4, 0.5) is 0 Å². The molecule has 1 unspecified atom stereocenters. The Kier molecular flexibility index (Phi) is 3.99. The molecular weight excluding hydrogens is 132 g/mol. The van der Waals surface area contributed by atoms with Gasteiger partial charge in [-0.15, -0.1) is 0 Å². The number of rotatable bonds is 3. The number of nitrogens with zero attached hydrogens (tertiary/aromatic N) is 1. The minimum absolute atomic E-state index is 0.190. The molecule has 0 bridgehead atoms. The summed E-state index contributed by atoms with van der Waals surface area (Å²) in [5, 5.41) is 1.13. The van der Waals surface area contributed by atoms with E-state index >= 15 is 0 Å². The summed E-state index contributed by atoms with van der Waals surface area (Å²) in [5.74, 6) is -0.190. The lowest BCUT2D eigenvalue weighted by Gasteiger charge is -2.16. The first kappa shape index (κ1) is 9.39. The summed E-state index contributed by atoms with van der Waals surface area (Å²) in [6, 6.07) is -0.440. The topological polar surface area (TPSA) is 55.6 Å². The molecule has 0 fully saturated rings. The first-order valence-electron chi connectivity index (χ1n) is 3.20. The van der Waals surface area contributed by atoms with Crippen LogP contribution in [0.15, 0.2) is 0 Å². The quantitative estimate of drug-likeness (QED) is 0.558. The van der Waals surface area contributed by atoms with E-state index in [2.05, 4.69) is 4.84 Å². The van der Waals surface area contributed by atoms with Crippen molar-refractivity contribution in [2.24, 2.45) is 5.73 Å². The van der Waals surface area contributed by atoms with Crippen molar-refractivity contribution in [2.75, 3.05) is 14.2 Å². The van der Waals surface area contributed by atoms with Gasteiger partial charge in [0.05, 0.1) is 13.2 Å². The highest BCUT2D eigenvalue weighted by Crippen LogP contribution is 1.92. The SMILES string of the molecule is CCC(N)C(=O)N(C)OC. The van der Waals surface area contributed by atoms with Crippen LogP contribution in [0.3, 0.4) is 0 Å². The molecule has 0 aliphatic rings. The molecule has 0 aliphatic heterocycles. The van der Waals surface area contributed by atoms with E-state index in [9.17, 15) is 4.79 Å². The fourth-order valence-corrected chi connectivity index (χ4v) is 0.498. The molecule has 10 heavy (non-hydrogen) atoms. The summed E-state index contributed by atoms with van der Waals surface area (Å²) in [7, 11) is 2.97. The monoisotopic (exact) mass is 146 g/mol. The minimum atomic E-state index is -0.440. The first-order chi connectivity index (χ1) is 4.63. The van der Waals surface area contributed by atoms with Gasteiger partial charge in [0, 0.05) is 7.05 Å². The highest BCUT2D eigenvalue weighted by Gasteiger charge is 2.14. The zero-order valence-corrected chi connectivity index (χ0v) is 6.63. The van der Waals surface area contributed by atoms with Crippen LogP contribution in [0.2, 0.25) is 0 Å². The molecule has 1 amide bonds. The molecule has 0 aliphatic carbocycles. The molecule has 2 N–H and O–H groups in total. The van der Waals surface area contributed by atoms with E-state index in [-0.39, 0.29) is 5.91 Å². The molecule has 60 valence electrons. The number of carbonyl (C=O) groups is 1. The van der Waals surface area contributed by atoms with Crippen molar-refractivity contribution in [3.05, 3.63) is 0 Å². The highest BCUT2D eigenvalue weighted by molar-refractivity contribution is 5.80. The third-order valence-corrected chi connectivity index (χ3v) is 1.34. The number of likely N-dealkylation sites (N-methyl/N-ethyl adjacent to an activating group) is 1. The second-order valence-corrected chi connectivity index (χ2v) is 2.03. The summed E-state index contributed by atoms with van der Waals surface area (Å²) in [6.07, 6.45) is 0.631. The van der Waals surface area contributed by atoms with Crippen molar-refractivity contribution in [1.82, 2.24) is 5.06 Å². The van der Waals surface area contributed by atoms with Crippen molar-refractivity contribution in [2.45, 2.75) is 19.4 Å². The van der Waals surface area contributed by atoms with Gasteiger partial charge in [-0.1, -0.05) is 6.92 Å². The van der Waals surface area contributed by atoms with Gasteiger partial charge in [-0.2, -0.15) is 0 Å². The van der Waals surface area contributed by atoms with Crippen molar-refractivity contribution in [3.63, 3.8) is 0 Å². The van der Waals surface area contributed by atoms with E-state index in [1.165, 1.54) is 14.2 Å². The zero-order chi connectivity index (χ0) is 8.15. The maximum atomic E-state index is 11.0. The van der Waals surface area contributed by atoms with Crippen molar-refractivity contribution >= 4 is 5.91 Å². The summed E-state index contributed by atoms with van der Waals surface area (Å²) in [4.78, 5) is 15.6. The van der Waals surface area contributed by atoms with E-state index in [1.807, 2.05) is 6.92 Å². The maximum absolute atomic E-state index is 11.0. The van der Waals surface area contributed by atoms with Crippen LogP contribution in [0.1, 0.15) is 13.3 Å². The molecule has 0 radical (unpaired) electrons. The third-order valence-electron chi connectivity index (χ3n) is 1.34. The summed E-state index contributed by atoms with van der Waals surface area (Å²) >= 11 is 0. The second kappa shape index (κ2) is 4.24. The molecule has 0 aromatic carbocycles. The van der Waals surface area contributed by atoms with Crippen molar-refractivity contribution < 1.29 is 9.63 Å². The maximum Gasteiger partial charge on any atom is 0.262 e. The van der Waals surface area contributed by atoms with Crippen LogP contribution in [0, 0.1) is 0 Å². The Bertz CT molecular complexity index is 104. The zero-order valence-electron chi connectivity index (χ0n) is 6.63. The van der Waals surface area contributed by atoms with Gasteiger partial charge < -0.3 is 5.73 Å². The van der Waals surface area contributed by atoms with Crippen LogP contribution >= 0.6 is 0 Å². The molecule has 0 aromatic rings. The third kappa shape index (κ3) is 2.33. The van der Waals surface area contributed by atoms with E-state index < -0.39 is 6.04 Å². The summed E-state index contributed by atoms with van der Waals surface area (Å²) < 4.78 is 0. The Morgan fingerprint density at radius 2 is 2.30 bits per heavy atom. The summed E-state index contributed by atoms with van der Waals surface area (Å²) in [5.41, 5.74) is 5.42. The van der Waals surface area contributed by atoms with Gasteiger partial charge in [0.15, 0.2) is 0 Å². The van der Waals surface area contributed by atoms with Crippen molar-refractivity contribution in [3.8, 4) is 0 Å². The van der Waals surface area contributed by atoms with Crippen molar-refractivity contribution in [1.29, 1.82) is 0 Å². The Hall–Kier alpha value is -0.610. The molecule has 0 saturated carbocycles. The van der Waals surface area contributed by atoms with Crippen LogP contribution in [0.25, 0.3) is 0 Å². The second-order valence-electron chi connectivity index (χ2n) is 2.03. The fourth-order valence-electron chi connectivity index (χ4n) is 0.498. The minimum Gasteiger partial charge on any atom is -0.320 e. The molecule has 4 heteroatoms. The molecule has 0 saturated heterocycles. The first-order valence-corrected chi connectivity index (χ1v) is 3.20. The normalized spacial score (nSPS) is 12.8. The van der Waals surface area contributed by atoms with E-state index in [0.29, 0.717) is 6.42 Å². The van der Waals surface area contributed by atoms with Gasteiger partial charge in [0.2, 0.25) is 0 Å². The Morgan fingerprint density at radius 3 is 2.60 bits per heavy atom. The van der Waals surface area contributed by atoms with E-state index in [1.54, 1.807) is 0 Å². The lowest BCUT2D eigenvalue weighted by atomic mass is 10.2. The highest BCUT2D eigenvalue weighted by atomic mass is 16.7. The summed E-state index contributed by atoms with van der Waals surface area (Å²) in [6.45, 7) is 1.85.